The molecule has 1 heterocycles. The summed E-state index contributed by atoms with van der Waals surface area (Å²) in [5.74, 6) is 1.48. The lowest BCUT2D eigenvalue weighted by atomic mass is 10.0. The van der Waals surface area contributed by atoms with Crippen molar-refractivity contribution in [1.29, 1.82) is 0 Å². The van der Waals surface area contributed by atoms with Gasteiger partial charge in [-0.1, -0.05) is 64.8 Å². The minimum atomic E-state index is 0.628. The zero-order valence-corrected chi connectivity index (χ0v) is 15.7. The molecule has 1 aliphatic heterocycles. The molecule has 130 valence electrons. The Kier molecular flexibility index (Phi) is 7.58. The Balaban J connectivity index is 1.66. The molecule has 2 rings (SSSR count). The molecule has 0 saturated carbocycles. The molecule has 0 bridgehead atoms. The van der Waals surface area contributed by atoms with Gasteiger partial charge in [0.05, 0.1) is 0 Å². The van der Waals surface area contributed by atoms with Crippen molar-refractivity contribution in [2.24, 2.45) is 5.92 Å². The maximum absolute atomic E-state index is 2.65. The van der Waals surface area contributed by atoms with Crippen LogP contribution in [0.25, 0.3) is 0 Å². The van der Waals surface area contributed by atoms with Gasteiger partial charge in [-0.25, -0.2) is 0 Å². The lowest BCUT2D eigenvalue weighted by Crippen LogP contribution is -2.46. The molecular weight excluding hydrogens is 280 g/mol. The van der Waals surface area contributed by atoms with Crippen LogP contribution in [-0.2, 0) is 6.54 Å². The van der Waals surface area contributed by atoms with Crippen LogP contribution in [0, 0.1) is 5.92 Å². The molecule has 0 spiro atoms. The SMILES string of the molecule is CC(C)CCCCN1CCN(Cc2ccc(C(C)C)cc2)CC1. The fourth-order valence-electron chi connectivity index (χ4n) is 3.33. The summed E-state index contributed by atoms with van der Waals surface area (Å²) in [7, 11) is 0. The van der Waals surface area contributed by atoms with Crippen molar-refractivity contribution in [3.63, 3.8) is 0 Å². The summed E-state index contributed by atoms with van der Waals surface area (Å²) >= 11 is 0. The lowest BCUT2D eigenvalue weighted by Gasteiger charge is -2.34. The van der Waals surface area contributed by atoms with Crippen LogP contribution in [0.15, 0.2) is 24.3 Å². The first kappa shape index (κ1) is 18.5. The van der Waals surface area contributed by atoms with E-state index >= 15 is 0 Å². The van der Waals surface area contributed by atoms with Crippen LogP contribution in [0.5, 0.6) is 0 Å². The Morgan fingerprint density at radius 3 is 2.00 bits per heavy atom. The van der Waals surface area contributed by atoms with E-state index in [1.807, 2.05) is 0 Å². The highest BCUT2D eigenvalue weighted by Crippen LogP contribution is 2.16. The molecule has 1 saturated heterocycles. The molecular formula is C21H36N2. The smallest absolute Gasteiger partial charge is 0.0234 e. The molecule has 1 aliphatic rings. The average Bonchev–Trinajstić information content (AvgIpc) is 2.53. The van der Waals surface area contributed by atoms with Crippen LogP contribution in [-0.4, -0.2) is 42.5 Å². The summed E-state index contributed by atoms with van der Waals surface area (Å²) in [5.41, 5.74) is 2.90. The fraction of sp³-hybridized carbons (Fsp3) is 0.714. The number of nitrogens with zero attached hydrogens (tertiary/aromatic N) is 2. The van der Waals surface area contributed by atoms with Gasteiger partial charge in [-0.2, -0.15) is 0 Å². The van der Waals surface area contributed by atoms with Crippen molar-refractivity contribution in [3.05, 3.63) is 35.4 Å². The largest absolute Gasteiger partial charge is 0.301 e. The highest BCUT2D eigenvalue weighted by Gasteiger charge is 2.16. The van der Waals surface area contributed by atoms with Gasteiger partial charge in [-0.15, -0.1) is 0 Å². The monoisotopic (exact) mass is 316 g/mol. The molecule has 2 nitrogen and oxygen atoms in total. The van der Waals surface area contributed by atoms with Gasteiger partial charge < -0.3 is 4.90 Å². The molecule has 1 fully saturated rings. The number of hydrogen-bond acceptors (Lipinski definition) is 2. The first-order valence-electron chi connectivity index (χ1n) is 9.58. The maximum atomic E-state index is 2.65. The van der Waals surface area contributed by atoms with E-state index in [1.54, 1.807) is 0 Å². The molecule has 0 unspecified atom stereocenters. The maximum Gasteiger partial charge on any atom is 0.0234 e. The van der Waals surface area contributed by atoms with E-state index < -0.39 is 0 Å². The van der Waals surface area contributed by atoms with Gasteiger partial charge in [0.25, 0.3) is 0 Å². The van der Waals surface area contributed by atoms with Gasteiger partial charge in [0.2, 0.25) is 0 Å². The van der Waals surface area contributed by atoms with Crippen LogP contribution >= 0.6 is 0 Å². The first-order chi connectivity index (χ1) is 11.0. The van der Waals surface area contributed by atoms with Crippen LogP contribution < -0.4 is 0 Å². The third kappa shape index (κ3) is 6.64. The van der Waals surface area contributed by atoms with E-state index in [0.29, 0.717) is 5.92 Å². The third-order valence-electron chi connectivity index (χ3n) is 5.02. The topological polar surface area (TPSA) is 6.48 Å². The van der Waals surface area contributed by atoms with Crippen LogP contribution in [0.4, 0.5) is 0 Å². The van der Waals surface area contributed by atoms with Crippen LogP contribution in [0.2, 0.25) is 0 Å². The molecule has 0 N–H and O–H groups in total. The zero-order valence-electron chi connectivity index (χ0n) is 15.7. The summed E-state index contributed by atoms with van der Waals surface area (Å²) in [6.07, 6.45) is 4.14. The number of unbranched alkanes of at least 4 members (excludes halogenated alkanes) is 1. The Morgan fingerprint density at radius 1 is 0.826 bits per heavy atom. The molecule has 0 atom stereocenters. The van der Waals surface area contributed by atoms with Crippen molar-refractivity contribution in [2.75, 3.05) is 32.7 Å². The molecule has 0 aromatic heterocycles. The second-order valence-electron chi connectivity index (χ2n) is 7.90. The Bertz CT molecular complexity index is 428. The predicted molar refractivity (Wildman–Crippen MR) is 101 cm³/mol. The average molecular weight is 317 g/mol. The zero-order chi connectivity index (χ0) is 16.7. The Labute approximate surface area is 143 Å². The van der Waals surface area contributed by atoms with Gasteiger partial charge in [0.15, 0.2) is 0 Å². The van der Waals surface area contributed by atoms with E-state index in [2.05, 4.69) is 61.8 Å². The van der Waals surface area contributed by atoms with Gasteiger partial charge in [0, 0.05) is 32.7 Å². The second-order valence-corrected chi connectivity index (χ2v) is 7.90. The quantitative estimate of drug-likeness (QED) is 0.638. The minimum absolute atomic E-state index is 0.628. The summed E-state index contributed by atoms with van der Waals surface area (Å²) in [6, 6.07) is 9.22. The molecule has 0 amide bonds. The Morgan fingerprint density at radius 2 is 1.43 bits per heavy atom. The number of piperazine rings is 1. The third-order valence-corrected chi connectivity index (χ3v) is 5.02. The number of benzene rings is 1. The molecule has 23 heavy (non-hydrogen) atoms. The van der Waals surface area contributed by atoms with E-state index in [9.17, 15) is 0 Å². The van der Waals surface area contributed by atoms with Gasteiger partial charge in [-0.3, -0.25) is 4.90 Å². The highest BCUT2D eigenvalue weighted by molar-refractivity contribution is 5.24. The van der Waals surface area contributed by atoms with E-state index in [0.717, 1.165) is 12.5 Å². The van der Waals surface area contributed by atoms with Gasteiger partial charge >= 0.3 is 0 Å². The van der Waals surface area contributed by atoms with E-state index in [1.165, 1.54) is 63.1 Å². The lowest BCUT2D eigenvalue weighted by molar-refractivity contribution is 0.125. The molecule has 0 aliphatic carbocycles. The normalized spacial score (nSPS) is 17.3. The van der Waals surface area contributed by atoms with Crippen LogP contribution in [0.1, 0.15) is 64.0 Å². The summed E-state index contributed by atoms with van der Waals surface area (Å²) in [5, 5.41) is 0. The molecule has 2 heteroatoms. The molecule has 1 aromatic carbocycles. The van der Waals surface area contributed by atoms with Crippen molar-refractivity contribution in [2.45, 2.75) is 59.4 Å². The van der Waals surface area contributed by atoms with Crippen LogP contribution in [0.3, 0.4) is 0 Å². The minimum Gasteiger partial charge on any atom is -0.301 e. The summed E-state index contributed by atoms with van der Waals surface area (Å²) < 4.78 is 0. The summed E-state index contributed by atoms with van der Waals surface area (Å²) in [6.45, 7) is 16.5. The summed E-state index contributed by atoms with van der Waals surface area (Å²) in [4.78, 5) is 5.26. The highest BCUT2D eigenvalue weighted by atomic mass is 15.3. The van der Waals surface area contributed by atoms with Crippen molar-refractivity contribution >= 4 is 0 Å². The Hall–Kier alpha value is -0.860. The number of rotatable bonds is 8. The molecule has 0 radical (unpaired) electrons. The van der Waals surface area contributed by atoms with E-state index in [-0.39, 0.29) is 0 Å². The van der Waals surface area contributed by atoms with Crippen molar-refractivity contribution in [3.8, 4) is 0 Å². The van der Waals surface area contributed by atoms with E-state index in [4.69, 9.17) is 0 Å². The van der Waals surface area contributed by atoms with Gasteiger partial charge in [-0.05, 0) is 35.9 Å². The second kappa shape index (κ2) is 9.44. The first-order valence-corrected chi connectivity index (χ1v) is 9.58. The van der Waals surface area contributed by atoms with Gasteiger partial charge in [0.1, 0.15) is 0 Å². The standard InChI is InChI=1S/C21H36N2/c1-18(2)7-5-6-12-22-13-15-23(16-14-22)17-20-8-10-21(11-9-20)19(3)4/h8-11,18-19H,5-7,12-17H2,1-4H3. The van der Waals surface area contributed by atoms with Crippen molar-refractivity contribution < 1.29 is 0 Å². The predicted octanol–water partition coefficient (Wildman–Crippen LogP) is 4.75. The fourth-order valence-corrected chi connectivity index (χ4v) is 3.33. The molecule has 1 aromatic rings. The number of hydrogen-bond donors (Lipinski definition) is 0. The van der Waals surface area contributed by atoms with Crippen molar-refractivity contribution in [1.82, 2.24) is 9.80 Å².